The lowest BCUT2D eigenvalue weighted by Gasteiger charge is -2.07. The van der Waals surface area contributed by atoms with Crippen molar-refractivity contribution in [3.05, 3.63) is 23.0 Å². The van der Waals surface area contributed by atoms with Crippen LogP contribution in [0.5, 0.6) is 0 Å². The minimum Gasteiger partial charge on any atom is -0.397 e. The molecule has 0 spiro atoms. The number of nitrogens with one attached hydrogen (secondary N) is 2. The summed E-state index contributed by atoms with van der Waals surface area (Å²) < 4.78 is 0. The minimum absolute atomic E-state index is 0.0690. The van der Waals surface area contributed by atoms with Crippen LogP contribution in [0.15, 0.2) is 12.3 Å². The van der Waals surface area contributed by atoms with E-state index in [2.05, 4.69) is 15.6 Å². The number of anilines is 1. The number of pyridine rings is 1. The predicted molar refractivity (Wildman–Crippen MR) is 63.6 cm³/mol. The lowest BCUT2D eigenvalue weighted by Crippen LogP contribution is -2.37. The van der Waals surface area contributed by atoms with Gasteiger partial charge in [0.2, 0.25) is 0 Å². The summed E-state index contributed by atoms with van der Waals surface area (Å²) in [5.74, 6) is -0.416. The molecule has 1 rings (SSSR count). The number of nitrogen functional groups attached to an aromatic ring is 1. The fourth-order valence-electron chi connectivity index (χ4n) is 1.08. The van der Waals surface area contributed by atoms with E-state index in [9.17, 15) is 9.59 Å². The SMILES string of the molecule is NC(=O)NCCNC(=O)c1cc(N)cnc1Cl. The van der Waals surface area contributed by atoms with E-state index in [0.29, 0.717) is 5.69 Å². The van der Waals surface area contributed by atoms with Crippen LogP contribution >= 0.6 is 11.6 Å². The molecule has 3 amide bonds. The van der Waals surface area contributed by atoms with Crippen molar-refractivity contribution < 1.29 is 9.59 Å². The normalized spacial score (nSPS) is 9.71. The van der Waals surface area contributed by atoms with Crippen molar-refractivity contribution in [1.82, 2.24) is 15.6 Å². The van der Waals surface area contributed by atoms with Crippen LogP contribution in [-0.2, 0) is 0 Å². The molecule has 0 aliphatic rings. The minimum atomic E-state index is -0.650. The lowest BCUT2D eigenvalue weighted by atomic mass is 10.2. The fraction of sp³-hybridized carbons (Fsp3) is 0.222. The molecule has 1 aromatic rings. The zero-order chi connectivity index (χ0) is 12.8. The third kappa shape index (κ3) is 4.15. The van der Waals surface area contributed by atoms with Crippen molar-refractivity contribution in [2.24, 2.45) is 5.73 Å². The summed E-state index contributed by atoms with van der Waals surface area (Å²) in [6.45, 7) is 0.460. The number of rotatable bonds is 4. The van der Waals surface area contributed by atoms with Crippen LogP contribution in [0.4, 0.5) is 10.5 Å². The van der Waals surface area contributed by atoms with Gasteiger partial charge in [0.05, 0.1) is 17.4 Å². The maximum Gasteiger partial charge on any atom is 0.312 e. The Labute approximate surface area is 103 Å². The van der Waals surface area contributed by atoms with Crippen LogP contribution in [0.1, 0.15) is 10.4 Å². The first-order valence-electron chi connectivity index (χ1n) is 4.73. The smallest absolute Gasteiger partial charge is 0.312 e. The molecule has 0 fully saturated rings. The van der Waals surface area contributed by atoms with E-state index in [-0.39, 0.29) is 23.8 Å². The molecule has 0 aliphatic heterocycles. The second kappa shape index (κ2) is 5.90. The lowest BCUT2D eigenvalue weighted by molar-refractivity contribution is 0.0953. The molecule has 0 unspecified atom stereocenters. The number of nitrogens with two attached hydrogens (primary N) is 2. The number of carbonyl (C=O) groups excluding carboxylic acids is 2. The number of hydrogen-bond donors (Lipinski definition) is 4. The van der Waals surface area contributed by atoms with Crippen molar-refractivity contribution in [2.75, 3.05) is 18.8 Å². The molecule has 92 valence electrons. The summed E-state index contributed by atoms with van der Waals surface area (Å²) >= 11 is 5.74. The maximum atomic E-state index is 11.6. The molecule has 7 nitrogen and oxygen atoms in total. The first kappa shape index (κ1) is 13.0. The quantitative estimate of drug-likeness (QED) is 0.437. The molecule has 1 heterocycles. The van der Waals surface area contributed by atoms with Gasteiger partial charge in [0.25, 0.3) is 5.91 Å². The van der Waals surface area contributed by atoms with Gasteiger partial charge in [-0.2, -0.15) is 0 Å². The number of hydrogen-bond acceptors (Lipinski definition) is 4. The molecule has 0 saturated heterocycles. The molecular formula is C9H12ClN5O2. The zero-order valence-electron chi connectivity index (χ0n) is 8.87. The number of primary amides is 1. The van der Waals surface area contributed by atoms with Gasteiger partial charge in [-0.25, -0.2) is 9.78 Å². The Bertz CT molecular complexity index is 437. The van der Waals surface area contributed by atoms with Gasteiger partial charge in [0, 0.05) is 13.1 Å². The monoisotopic (exact) mass is 257 g/mol. The summed E-state index contributed by atoms with van der Waals surface area (Å²) in [7, 11) is 0. The zero-order valence-corrected chi connectivity index (χ0v) is 9.62. The van der Waals surface area contributed by atoms with Gasteiger partial charge in [0.15, 0.2) is 0 Å². The Morgan fingerprint density at radius 3 is 2.65 bits per heavy atom. The van der Waals surface area contributed by atoms with Gasteiger partial charge in [-0.1, -0.05) is 11.6 Å². The molecule has 1 aromatic heterocycles. The van der Waals surface area contributed by atoms with E-state index in [1.807, 2.05) is 0 Å². The summed E-state index contributed by atoms with van der Waals surface area (Å²) in [5, 5.41) is 4.93. The topological polar surface area (TPSA) is 123 Å². The molecule has 0 radical (unpaired) electrons. The number of urea groups is 1. The highest BCUT2D eigenvalue weighted by Gasteiger charge is 2.11. The number of halogens is 1. The van der Waals surface area contributed by atoms with E-state index in [4.69, 9.17) is 23.1 Å². The fourth-order valence-corrected chi connectivity index (χ4v) is 1.27. The molecule has 6 N–H and O–H groups in total. The van der Waals surface area contributed by atoms with Crippen LogP contribution in [0.3, 0.4) is 0 Å². The average Bonchev–Trinajstić information content (AvgIpc) is 2.27. The van der Waals surface area contributed by atoms with Crippen molar-refractivity contribution in [2.45, 2.75) is 0 Å². The Kier molecular flexibility index (Phi) is 4.53. The molecule has 0 bridgehead atoms. The van der Waals surface area contributed by atoms with E-state index < -0.39 is 11.9 Å². The van der Waals surface area contributed by atoms with Crippen molar-refractivity contribution >= 4 is 29.2 Å². The van der Waals surface area contributed by atoms with Gasteiger partial charge in [-0.3, -0.25) is 4.79 Å². The third-order valence-electron chi connectivity index (χ3n) is 1.81. The Hall–Kier alpha value is -2.02. The van der Waals surface area contributed by atoms with Crippen LogP contribution in [-0.4, -0.2) is 30.0 Å². The Morgan fingerprint density at radius 1 is 1.35 bits per heavy atom. The highest BCUT2D eigenvalue weighted by molar-refractivity contribution is 6.32. The van der Waals surface area contributed by atoms with E-state index in [1.165, 1.54) is 12.3 Å². The summed E-state index contributed by atoms with van der Waals surface area (Å²) in [6, 6.07) is 0.773. The molecule has 0 aromatic carbocycles. The number of aromatic nitrogens is 1. The molecular weight excluding hydrogens is 246 g/mol. The van der Waals surface area contributed by atoms with E-state index in [0.717, 1.165) is 0 Å². The Balaban J connectivity index is 2.52. The first-order valence-corrected chi connectivity index (χ1v) is 5.11. The molecule has 0 aliphatic carbocycles. The molecule has 0 atom stereocenters. The van der Waals surface area contributed by atoms with Crippen molar-refractivity contribution in [3.8, 4) is 0 Å². The van der Waals surface area contributed by atoms with Gasteiger partial charge >= 0.3 is 6.03 Å². The number of amides is 3. The highest BCUT2D eigenvalue weighted by atomic mass is 35.5. The predicted octanol–water partition coefficient (Wildman–Crippen LogP) is -0.285. The van der Waals surface area contributed by atoms with Gasteiger partial charge < -0.3 is 22.1 Å². The second-order valence-electron chi connectivity index (χ2n) is 3.15. The molecule has 8 heteroatoms. The van der Waals surface area contributed by atoms with Crippen molar-refractivity contribution in [1.29, 1.82) is 0 Å². The third-order valence-corrected chi connectivity index (χ3v) is 2.12. The number of carbonyl (C=O) groups is 2. The van der Waals surface area contributed by atoms with E-state index >= 15 is 0 Å². The van der Waals surface area contributed by atoms with Crippen LogP contribution in [0, 0.1) is 0 Å². The van der Waals surface area contributed by atoms with Gasteiger partial charge in [-0.05, 0) is 6.07 Å². The van der Waals surface area contributed by atoms with Crippen LogP contribution in [0.2, 0.25) is 5.15 Å². The summed E-state index contributed by atoms with van der Waals surface area (Å²) in [6.07, 6.45) is 1.35. The van der Waals surface area contributed by atoms with Crippen LogP contribution < -0.4 is 22.1 Å². The Morgan fingerprint density at radius 2 is 2.00 bits per heavy atom. The molecule has 17 heavy (non-hydrogen) atoms. The van der Waals surface area contributed by atoms with Crippen molar-refractivity contribution in [3.63, 3.8) is 0 Å². The highest BCUT2D eigenvalue weighted by Crippen LogP contribution is 2.14. The van der Waals surface area contributed by atoms with Gasteiger partial charge in [-0.15, -0.1) is 0 Å². The standard InChI is InChI=1S/C9H12ClN5O2/c10-7-6(3-5(11)4-15-7)8(16)13-1-2-14-9(12)17/h3-4H,1-2,11H2,(H,13,16)(H3,12,14,17). The largest absolute Gasteiger partial charge is 0.397 e. The second-order valence-corrected chi connectivity index (χ2v) is 3.51. The maximum absolute atomic E-state index is 11.6. The summed E-state index contributed by atoms with van der Waals surface area (Å²) in [5.41, 5.74) is 10.9. The first-order chi connectivity index (χ1) is 8.00. The summed E-state index contributed by atoms with van der Waals surface area (Å²) in [4.78, 5) is 25.7. The average molecular weight is 258 g/mol. The van der Waals surface area contributed by atoms with E-state index in [1.54, 1.807) is 0 Å². The van der Waals surface area contributed by atoms with Crippen LogP contribution in [0.25, 0.3) is 0 Å². The molecule has 0 saturated carbocycles. The van der Waals surface area contributed by atoms with Gasteiger partial charge in [0.1, 0.15) is 5.15 Å². The number of nitrogens with zero attached hydrogens (tertiary/aromatic N) is 1.